The first-order valence-corrected chi connectivity index (χ1v) is 8.02. The zero-order chi connectivity index (χ0) is 13.8. The second-order valence-electron chi connectivity index (χ2n) is 4.38. The van der Waals surface area contributed by atoms with Crippen molar-refractivity contribution in [3.8, 4) is 0 Å². The number of anilines is 1. The molecule has 0 aliphatic heterocycles. The van der Waals surface area contributed by atoms with Gasteiger partial charge in [-0.3, -0.25) is 0 Å². The number of rotatable bonds is 5. The molecule has 0 saturated heterocycles. The van der Waals surface area contributed by atoms with Crippen LogP contribution >= 0.6 is 38.9 Å². The summed E-state index contributed by atoms with van der Waals surface area (Å²) >= 11 is 11.2. The SMILES string of the molecule is CN(Cc1ccc(Cl)s1)c1ccc(CCN)c(Br)c1. The molecule has 0 saturated carbocycles. The van der Waals surface area contributed by atoms with E-state index in [1.807, 2.05) is 6.07 Å². The number of hydrogen-bond acceptors (Lipinski definition) is 3. The number of nitrogens with zero attached hydrogens (tertiary/aromatic N) is 1. The Labute approximate surface area is 131 Å². The molecule has 0 atom stereocenters. The predicted molar refractivity (Wildman–Crippen MR) is 88.3 cm³/mol. The summed E-state index contributed by atoms with van der Waals surface area (Å²) in [5.41, 5.74) is 8.02. The third kappa shape index (κ3) is 3.96. The lowest BCUT2D eigenvalue weighted by Crippen LogP contribution is -2.15. The zero-order valence-corrected chi connectivity index (χ0v) is 13.9. The summed E-state index contributed by atoms with van der Waals surface area (Å²) in [5, 5.41) is 0. The third-order valence-electron chi connectivity index (χ3n) is 2.91. The van der Waals surface area contributed by atoms with Crippen LogP contribution in [0.3, 0.4) is 0 Å². The quantitative estimate of drug-likeness (QED) is 0.862. The maximum Gasteiger partial charge on any atom is 0.0931 e. The molecule has 2 rings (SSSR count). The molecular weight excluding hydrogens is 344 g/mol. The van der Waals surface area contributed by atoms with Crippen molar-refractivity contribution in [2.75, 3.05) is 18.5 Å². The van der Waals surface area contributed by atoms with Crippen molar-refractivity contribution in [2.45, 2.75) is 13.0 Å². The first-order valence-electron chi connectivity index (χ1n) is 6.04. The Hall–Kier alpha value is -0.550. The Balaban J connectivity index is 2.10. The number of thiophene rings is 1. The lowest BCUT2D eigenvalue weighted by atomic mass is 10.1. The van der Waals surface area contributed by atoms with E-state index in [4.69, 9.17) is 17.3 Å². The zero-order valence-electron chi connectivity index (χ0n) is 10.7. The molecule has 0 bridgehead atoms. The molecule has 0 aliphatic rings. The first kappa shape index (κ1) is 14.9. The molecule has 0 unspecified atom stereocenters. The van der Waals surface area contributed by atoms with Crippen molar-refractivity contribution in [1.29, 1.82) is 0 Å². The van der Waals surface area contributed by atoms with E-state index in [1.165, 1.54) is 16.1 Å². The monoisotopic (exact) mass is 358 g/mol. The molecule has 2 N–H and O–H groups in total. The lowest BCUT2D eigenvalue weighted by Gasteiger charge is -2.19. The highest BCUT2D eigenvalue weighted by molar-refractivity contribution is 9.10. The molecule has 0 aliphatic carbocycles. The molecule has 1 aromatic carbocycles. The molecule has 0 radical (unpaired) electrons. The van der Waals surface area contributed by atoms with E-state index in [-0.39, 0.29) is 0 Å². The minimum absolute atomic E-state index is 0.668. The van der Waals surface area contributed by atoms with Gasteiger partial charge in [0.15, 0.2) is 0 Å². The van der Waals surface area contributed by atoms with Gasteiger partial charge in [0.05, 0.1) is 10.9 Å². The van der Waals surface area contributed by atoms with Crippen molar-refractivity contribution in [3.05, 3.63) is 49.6 Å². The summed E-state index contributed by atoms with van der Waals surface area (Å²) in [7, 11) is 2.08. The van der Waals surface area contributed by atoms with Gasteiger partial charge >= 0.3 is 0 Å². The van der Waals surface area contributed by atoms with E-state index in [2.05, 4.69) is 52.1 Å². The van der Waals surface area contributed by atoms with Crippen molar-refractivity contribution >= 4 is 44.6 Å². The number of benzene rings is 1. The smallest absolute Gasteiger partial charge is 0.0931 e. The molecule has 102 valence electrons. The topological polar surface area (TPSA) is 29.3 Å². The molecule has 0 amide bonds. The van der Waals surface area contributed by atoms with Crippen LogP contribution in [-0.4, -0.2) is 13.6 Å². The molecule has 2 nitrogen and oxygen atoms in total. The fourth-order valence-electron chi connectivity index (χ4n) is 1.89. The van der Waals surface area contributed by atoms with Gasteiger partial charge in [-0.25, -0.2) is 0 Å². The summed E-state index contributed by atoms with van der Waals surface area (Å²) in [6.45, 7) is 1.53. The number of hydrogen-bond donors (Lipinski definition) is 1. The van der Waals surface area contributed by atoms with Gasteiger partial charge < -0.3 is 10.6 Å². The van der Waals surface area contributed by atoms with E-state index in [0.717, 1.165) is 21.8 Å². The standard InChI is InChI=1S/C14H16BrClN2S/c1-18(9-12-4-5-14(16)19-12)11-3-2-10(6-7-17)13(15)8-11/h2-5,8H,6-7,9,17H2,1H3. The van der Waals surface area contributed by atoms with Crippen LogP contribution < -0.4 is 10.6 Å². The fourth-order valence-corrected chi connectivity index (χ4v) is 3.60. The minimum Gasteiger partial charge on any atom is -0.369 e. The molecule has 2 aromatic rings. The average molecular weight is 360 g/mol. The van der Waals surface area contributed by atoms with Gasteiger partial charge in [0.1, 0.15) is 0 Å². The summed E-state index contributed by atoms with van der Waals surface area (Å²) in [5.74, 6) is 0. The molecule has 0 fully saturated rings. The van der Waals surface area contributed by atoms with E-state index in [9.17, 15) is 0 Å². The predicted octanol–water partition coefficient (Wildman–Crippen LogP) is 4.30. The van der Waals surface area contributed by atoms with Crippen LogP contribution in [0.15, 0.2) is 34.8 Å². The Morgan fingerprint density at radius 1 is 1.32 bits per heavy atom. The van der Waals surface area contributed by atoms with Crippen LogP contribution in [0.1, 0.15) is 10.4 Å². The van der Waals surface area contributed by atoms with Crippen LogP contribution in [0.25, 0.3) is 0 Å². The molecule has 5 heteroatoms. The number of nitrogens with two attached hydrogens (primary N) is 1. The largest absolute Gasteiger partial charge is 0.369 e. The van der Waals surface area contributed by atoms with Gasteiger partial charge in [0, 0.05) is 22.1 Å². The molecule has 0 spiro atoms. The second kappa shape index (κ2) is 6.75. The van der Waals surface area contributed by atoms with Crippen LogP contribution in [0.2, 0.25) is 4.34 Å². The van der Waals surface area contributed by atoms with Crippen LogP contribution in [0.4, 0.5) is 5.69 Å². The van der Waals surface area contributed by atoms with Crippen LogP contribution in [-0.2, 0) is 13.0 Å². The summed E-state index contributed by atoms with van der Waals surface area (Å²) in [4.78, 5) is 3.47. The van der Waals surface area contributed by atoms with E-state index < -0.39 is 0 Å². The van der Waals surface area contributed by atoms with E-state index in [0.29, 0.717) is 6.54 Å². The highest BCUT2D eigenvalue weighted by atomic mass is 79.9. The Kier molecular flexibility index (Phi) is 5.28. The molecule has 1 aromatic heterocycles. The first-order chi connectivity index (χ1) is 9.10. The highest BCUT2D eigenvalue weighted by Crippen LogP contribution is 2.27. The number of halogens is 2. The second-order valence-corrected chi connectivity index (χ2v) is 7.03. The summed E-state index contributed by atoms with van der Waals surface area (Å²) < 4.78 is 1.95. The van der Waals surface area contributed by atoms with Crippen LogP contribution in [0.5, 0.6) is 0 Å². The fraction of sp³-hybridized carbons (Fsp3) is 0.286. The summed E-state index contributed by atoms with van der Waals surface area (Å²) in [6.07, 6.45) is 0.894. The van der Waals surface area contributed by atoms with Crippen molar-refractivity contribution in [2.24, 2.45) is 5.73 Å². The van der Waals surface area contributed by atoms with Gasteiger partial charge in [-0.1, -0.05) is 33.6 Å². The van der Waals surface area contributed by atoms with Gasteiger partial charge in [0.25, 0.3) is 0 Å². The Morgan fingerprint density at radius 2 is 2.11 bits per heavy atom. The Morgan fingerprint density at radius 3 is 2.68 bits per heavy atom. The van der Waals surface area contributed by atoms with Gasteiger partial charge in [-0.05, 0) is 42.8 Å². The lowest BCUT2D eigenvalue weighted by molar-refractivity contribution is 0.931. The van der Waals surface area contributed by atoms with E-state index in [1.54, 1.807) is 11.3 Å². The molecule has 19 heavy (non-hydrogen) atoms. The molecular formula is C14H16BrClN2S. The Bertz CT molecular complexity index is 556. The third-order valence-corrected chi connectivity index (χ3v) is 4.87. The normalized spacial score (nSPS) is 10.7. The van der Waals surface area contributed by atoms with Crippen molar-refractivity contribution in [3.63, 3.8) is 0 Å². The van der Waals surface area contributed by atoms with Gasteiger partial charge in [-0.15, -0.1) is 11.3 Å². The van der Waals surface area contributed by atoms with Gasteiger partial charge in [-0.2, -0.15) is 0 Å². The minimum atomic E-state index is 0.668. The van der Waals surface area contributed by atoms with E-state index >= 15 is 0 Å². The van der Waals surface area contributed by atoms with Crippen molar-refractivity contribution < 1.29 is 0 Å². The van der Waals surface area contributed by atoms with Gasteiger partial charge in [0.2, 0.25) is 0 Å². The van der Waals surface area contributed by atoms with Crippen LogP contribution in [0, 0.1) is 0 Å². The maximum absolute atomic E-state index is 5.95. The highest BCUT2D eigenvalue weighted by Gasteiger charge is 2.07. The van der Waals surface area contributed by atoms with Crippen molar-refractivity contribution in [1.82, 2.24) is 0 Å². The summed E-state index contributed by atoms with van der Waals surface area (Å²) in [6, 6.07) is 10.4. The average Bonchev–Trinajstić information content (AvgIpc) is 2.77. The molecule has 1 heterocycles. The maximum atomic E-state index is 5.95.